The number of nitrogens with one attached hydrogen (secondary N) is 1. The molecule has 1 amide bonds. The largest absolute Gasteiger partial charge is 0.459 e. The number of hydrogen-bond donors (Lipinski definition) is 1. The molecule has 0 aliphatic heterocycles. The number of amides is 1. The van der Waals surface area contributed by atoms with Crippen molar-refractivity contribution in [2.45, 2.75) is 25.8 Å². The number of fused-ring (bicyclic) bond motifs is 2. The number of thiazole rings is 1. The molecular formula is C20H18N2O2S. The average Bonchev–Trinajstić information content (AvgIpc) is 3.23. The van der Waals surface area contributed by atoms with Gasteiger partial charge in [0.05, 0.1) is 21.3 Å². The highest BCUT2D eigenvalue weighted by Crippen LogP contribution is 2.24. The maximum atomic E-state index is 12.3. The van der Waals surface area contributed by atoms with E-state index in [9.17, 15) is 4.79 Å². The summed E-state index contributed by atoms with van der Waals surface area (Å²) >= 11 is 1.65. The summed E-state index contributed by atoms with van der Waals surface area (Å²) in [6, 6.07) is 17.7. The number of para-hydroxylation sites is 2. The molecule has 4 rings (SSSR count). The molecule has 2 aromatic heterocycles. The Hall–Kier alpha value is -2.66. The van der Waals surface area contributed by atoms with Gasteiger partial charge in [0.1, 0.15) is 11.3 Å². The number of aromatic nitrogens is 1. The molecule has 1 atom stereocenters. The highest BCUT2D eigenvalue weighted by atomic mass is 32.1. The van der Waals surface area contributed by atoms with E-state index in [0.717, 1.165) is 32.0 Å². The predicted molar refractivity (Wildman–Crippen MR) is 101 cm³/mol. The number of carbonyl (C=O) groups is 1. The molecule has 4 aromatic rings. The smallest absolute Gasteiger partial charge is 0.220 e. The first kappa shape index (κ1) is 15.8. The molecule has 0 spiro atoms. The molecule has 0 fully saturated rings. The van der Waals surface area contributed by atoms with Crippen LogP contribution in [0.2, 0.25) is 0 Å². The molecule has 1 N–H and O–H groups in total. The molecule has 4 nitrogen and oxygen atoms in total. The lowest BCUT2D eigenvalue weighted by Crippen LogP contribution is -2.26. The van der Waals surface area contributed by atoms with E-state index in [-0.39, 0.29) is 11.9 Å². The van der Waals surface area contributed by atoms with Crippen LogP contribution < -0.4 is 5.32 Å². The normalized spacial score (nSPS) is 12.5. The van der Waals surface area contributed by atoms with Crippen LogP contribution in [0.3, 0.4) is 0 Å². The van der Waals surface area contributed by atoms with Gasteiger partial charge in [-0.1, -0.05) is 30.3 Å². The van der Waals surface area contributed by atoms with Gasteiger partial charge in [-0.25, -0.2) is 4.98 Å². The summed E-state index contributed by atoms with van der Waals surface area (Å²) in [6.07, 6.45) is 1.07. The third kappa shape index (κ3) is 3.42. The van der Waals surface area contributed by atoms with Crippen molar-refractivity contribution in [1.29, 1.82) is 0 Å². The first-order chi connectivity index (χ1) is 12.2. The molecule has 25 heavy (non-hydrogen) atoms. The molecule has 2 aromatic carbocycles. The van der Waals surface area contributed by atoms with Gasteiger partial charge in [-0.3, -0.25) is 4.79 Å². The minimum Gasteiger partial charge on any atom is -0.459 e. The van der Waals surface area contributed by atoms with Gasteiger partial charge in [0, 0.05) is 18.2 Å². The summed E-state index contributed by atoms with van der Waals surface area (Å²) in [5, 5.41) is 5.05. The summed E-state index contributed by atoms with van der Waals surface area (Å²) in [5.41, 5.74) is 1.84. The first-order valence-corrected chi connectivity index (χ1v) is 9.13. The number of nitrogens with zero attached hydrogens (tertiary/aromatic N) is 1. The van der Waals surface area contributed by atoms with Gasteiger partial charge in [0.15, 0.2) is 0 Å². The van der Waals surface area contributed by atoms with E-state index in [4.69, 9.17) is 4.42 Å². The van der Waals surface area contributed by atoms with Gasteiger partial charge in [-0.15, -0.1) is 11.3 Å². The van der Waals surface area contributed by atoms with E-state index in [1.807, 2.05) is 55.5 Å². The number of hydrogen-bond acceptors (Lipinski definition) is 4. The minimum absolute atomic E-state index is 0.00668. The zero-order chi connectivity index (χ0) is 17.2. The number of furan rings is 1. The Kier molecular flexibility index (Phi) is 4.24. The fourth-order valence-corrected chi connectivity index (χ4v) is 3.81. The van der Waals surface area contributed by atoms with Crippen LogP contribution in [0.25, 0.3) is 21.2 Å². The number of aryl methyl sites for hydroxylation is 1. The van der Waals surface area contributed by atoms with Gasteiger partial charge in [0.2, 0.25) is 5.91 Å². The van der Waals surface area contributed by atoms with Crippen LogP contribution in [0.1, 0.15) is 30.2 Å². The van der Waals surface area contributed by atoms with Crippen LogP contribution in [0.15, 0.2) is 59.0 Å². The van der Waals surface area contributed by atoms with E-state index < -0.39 is 0 Å². The molecule has 0 aliphatic rings. The van der Waals surface area contributed by atoms with Crippen molar-refractivity contribution >= 4 is 38.4 Å². The monoisotopic (exact) mass is 350 g/mol. The Morgan fingerprint density at radius 2 is 2.00 bits per heavy atom. The molecule has 0 aliphatic carbocycles. The maximum Gasteiger partial charge on any atom is 0.220 e. The topological polar surface area (TPSA) is 55.1 Å². The Balaban J connectivity index is 1.37. The average molecular weight is 350 g/mol. The third-order valence-corrected chi connectivity index (χ3v) is 5.25. The van der Waals surface area contributed by atoms with Crippen molar-refractivity contribution in [3.63, 3.8) is 0 Å². The van der Waals surface area contributed by atoms with Crippen LogP contribution in [-0.4, -0.2) is 10.9 Å². The molecule has 0 bridgehead atoms. The van der Waals surface area contributed by atoms with Crippen molar-refractivity contribution in [1.82, 2.24) is 10.3 Å². The second kappa shape index (κ2) is 6.69. The maximum absolute atomic E-state index is 12.3. The molecular weight excluding hydrogens is 332 g/mol. The molecule has 0 saturated heterocycles. The molecule has 126 valence electrons. The quantitative estimate of drug-likeness (QED) is 0.560. The number of carbonyl (C=O) groups excluding carboxylic acids is 1. The number of benzene rings is 2. The number of rotatable bonds is 5. The van der Waals surface area contributed by atoms with Crippen molar-refractivity contribution in [2.24, 2.45) is 0 Å². The van der Waals surface area contributed by atoms with E-state index in [0.29, 0.717) is 12.8 Å². The van der Waals surface area contributed by atoms with Crippen molar-refractivity contribution in [3.8, 4) is 0 Å². The molecule has 0 unspecified atom stereocenters. The zero-order valence-electron chi connectivity index (χ0n) is 13.9. The third-order valence-electron chi connectivity index (χ3n) is 4.15. The van der Waals surface area contributed by atoms with E-state index >= 15 is 0 Å². The first-order valence-electron chi connectivity index (χ1n) is 8.31. The van der Waals surface area contributed by atoms with Crippen LogP contribution >= 0.6 is 11.3 Å². The van der Waals surface area contributed by atoms with Crippen LogP contribution in [0.4, 0.5) is 0 Å². The highest BCUT2D eigenvalue weighted by Gasteiger charge is 2.14. The Morgan fingerprint density at radius 3 is 2.84 bits per heavy atom. The van der Waals surface area contributed by atoms with Crippen molar-refractivity contribution in [3.05, 3.63) is 65.4 Å². The lowest BCUT2D eigenvalue weighted by molar-refractivity contribution is -0.121. The molecule has 2 heterocycles. The fraction of sp³-hybridized carbons (Fsp3) is 0.200. The molecule has 5 heteroatoms. The fourth-order valence-electron chi connectivity index (χ4n) is 2.85. The van der Waals surface area contributed by atoms with E-state index in [1.54, 1.807) is 11.3 Å². The predicted octanol–water partition coefficient (Wildman–Crippen LogP) is 4.85. The summed E-state index contributed by atoms with van der Waals surface area (Å²) in [5.74, 6) is 0.779. The molecule has 0 saturated carbocycles. The highest BCUT2D eigenvalue weighted by molar-refractivity contribution is 7.18. The lowest BCUT2D eigenvalue weighted by Gasteiger charge is -2.10. The van der Waals surface area contributed by atoms with Crippen molar-refractivity contribution in [2.75, 3.05) is 0 Å². The van der Waals surface area contributed by atoms with Gasteiger partial charge < -0.3 is 9.73 Å². The standard InChI is InChI=1S/C20H18N2O2S/c1-13(17-12-14-6-2-4-8-16(14)24-17)21-19(23)10-11-20-22-15-7-3-5-9-18(15)25-20/h2-9,12-13H,10-11H2,1H3,(H,21,23)/t13-/m1/s1. The lowest BCUT2D eigenvalue weighted by atomic mass is 10.2. The van der Waals surface area contributed by atoms with Crippen molar-refractivity contribution < 1.29 is 9.21 Å². The van der Waals surface area contributed by atoms with Gasteiger partial charge in [0.25, 0.3) is 0 Å². The minimum atomic E-state index is -0.157. The summed E-state index contributed by atoms with van der Waals surface area (Å²) in [6.45, 7) is 1.94. The van der Waals surface area contributed by atoms with Crippen LogP contribution in [-0.2, 0) is 11.2 Å². The SMILES string of the molecule is C[C@@H](NC(=O)CCc1nc2ccccc2s1)c1cc2ccccc2o1. The second-order valence-corrected chi connectivity index (χ2v) is 7.17. The van der Waals surface area contributed by atoms with Gasteiger partial charge in [-0.2, -0.15) is 0 Å². The summed E-state index contributed by atoms with van der Waals surface area (Å²) in [4.78, 5) is 16.8. The van der Waals surface area contributed by atoms with Crippen LogP contribution in [0.5, 0.6) is 0 Å². The molecule has 0 radical (unpaired) electrons. The van der Waals surface area contributed by atoms with Gasteiger partial charge in [-0.05, 0) is 31.2 Å². The zero-order valence-corrected chi connectivity index (χ0v) is 14.7. The Bertz CT molecular complexity index is 968. The Labute approximate surface area is 149 Å². The summed E-state index contributed by atoms with van der Waals surface area (Å²) in [7, 11) is 0. The van der Waals surface area contributed by atoms with Gasteiger partial charge >= 0.3 is 0 Å². The van der Waals surface area contributed by atoms with Crippen LogP contribution in [0, 0.1) is 0 Å². The Morgan fingerprint density at radius 1 is 1.20 bits per heavy atom. The van der Waals surface area contributed by atoms with E-state index in [1.165, 1.54) is 0 Å². The second-order valence-electron chi connectivity index (χ2n) is 6.05. The summed E-state index contributed by atoms with van der Waals surface area (Å²) < 4.78 is 6.97. The van der Waals surface area contributed by atoms with E-state index in [2.05, 4.69) is 16.4 Å².